The fourth-order valence-electron chi connectivity index (χ4n) is 2.17. The number of nitrogens with zero attached hydrogens (tertiary/aromatic N) is 4. The first-order chi connectivity index (χ1) is 7.42. The molecular weight excluding hydrogens is 190 g/mol. The summed E-state index contributed by atoms with van der Waals surface area (Å²) in [5.41, 5.74) is 0. The summed E-state index contributed by atoms with van der Waals surface area (Å²) in [7, 11) is 0. The van der Waals surface area contributed by atoms with Crippen molar-refractivity contribution in [3.8, 4) is 0 Å². The van der Waals surface area contributed by atoms with Crippen LogP contribution in [0, 0.1) is 0 Å². The normalized spacial score (nSPS) is 18.2. The van der Waals surface area contributed by atoms with Gasteiger partial charge >= 0.3 is 0 Å². The van der Waals surface area contributed by atoms with Gasteiger partial charge in [0.1, 0.15) is 0 Å². The van der Waals surface area contributed by atoms with E-state index < -0.39 is 0 Å². The van der Waals surface area contributed by atoms with Gasteiger partial charge in [0.05, 0.1) is 12.6 Å². The molecule has 1 heterocycles. The van der Waals surface area contributed by atoms with Gasteiger partial charge in [-0.3, -0.25) is 0 Å². The SMILES string of the molecule is CCNCc1nnnn1C1CCCCC1. The summed E-state index contributed by atoms with van der Waals surface area (Å²) in [4.78, 5) is 0. The Bertz CT molecular complexity index is 290. The first-order valence-electron chi connectivity index (χ1n) is 5.89. The molecule has 0 radical (unpaired) electrons. The van der Waals surface area contributed by atoms with E-state index in [0.717, 1.165) is 18.9 Å². The van der Waals surface area contributed by atoms with E-state index in [-0.39, 0.29) is 0 Å². The van der Waals surface area contributed by atoms with Crippen LogP contribution in [0.25, 0.3) is 0 Å². The molecule has 1 N–H and O–H groups in total. The molecule has 0 aliphatic heterocycles. The number of nitrogens with one attached hydrogen (secondary N) is 1. The Morgan fingerprint density at radius 1 is 1.33 bits per heavy atom. The van der Waals surface area contributed by atoms with Crippen molar-refractivity contribution < 1.29 is 0 Å². The summed E-state index contributed by atoms with van der Waals surface area (Å²) in [6, 6.07) is 0.530. The third-order valence-electron chi connectivity index (χ3n) is 3.01. The highest BCUT2D eigenvalue weighted by Crippen LogP contribution is 2.27. The highest BCUT2D eigenvalue weighted by Gasteiger charge is 2.19. The maximum absolute atomic E-state index is 4.11. The number of hydrogen-bond donors (Lipinski definition) is 1. The smallest absolute Gasteiger partial charge is 0.165 e. The fourth-order valence-corrected chi connectivity index (χ4v) is 2.17. The van der Waals surface area contributed by atoms with Crippen molar-refractivity contribution in [2.24, 2.45) is 0 Å². The van der Waals surface area contributed by atoms with Crippen LogP contribution in [0.2, 0.25) is 0 Å². The molecule has 15 heavy (non-hydrogen) atoms. The summed E-state index contributed by atoms with van der Waals surface area (Å²) >= 11 is 0. The molecule has 1 saturated carbocycles. The van der Waals surface area contributed by atoms with Crippen molar-refractivity contribution in [3.63, 3.8) is 0 Å². The number of aromatic nitrogens is 4. The molecule has 0 amide bonds. The largest absolute Gasteiger partial charge is 0.310 e. The van der Waals surface area contributed by atoms with E-state index in [0.29, 0.717) is 6.04 Å². The minimum atomic E-state index is 0.530. The molecule has 84 valence electrons. The fraction of sp³-hybridized carbons (Fsp3) is 0.900. The minimum absolute atomic E-state index is 0.530. The van der Waals surface area contributed by atoms with E-state index in [4.69, 9.17) is 0 Å². The second-order valence-corrected chi connectivity index (χ2v) is 4.11. The summed E-state index contributed by atoms with van der Waals surface area (Å²) in [5, 5.41) is 15.2. The Labute approximate surface area is 90.2 Å². The van der Waals surface area contributed by atoms with Gasteiger partial charge in [-0.2, -0.15) is 0 Å². The highest BCUT2D eigenvalue weighted by molar-refractivity contribution is 4.85. The van der Waals surface area contributed by atoms with Crippen molar-refractivity contribution in [2.75, 3.05) is 6.54 Å². The van der Waals surface area contributed by atoms with E-state index in [1.165, 1.54) is 32.1 Å². The van der Waals surface area contributed by atoms with Gasteiger partial charge in [-0.15, -0.1) is 5.10 Å². The second-order valence-electron chi connectivity index (χ2n) is 4.11. The van der Waals surface area contributed by atoms with Gasteiger partial charge in [0.25, 0.3) is 0 Å². The molecule has 0 spiro atoms. The lowest BCUT2D eigenvalue weighted by atomic mass is 9.96. The topological polar surface area (TPSA) is 55.6 Å². The molecule has 0 bridgehead atoms. The van der Waals surface area contributed by atoms with Crippen LogP contribution in [0.5, 0.6) is 0 Å². The molecule has 2 rings (SSSR count). The summed E-state index contributed by atoms with van der Waals surface area (Å²) in [6.45, 7) is 3.83. The molecule has 1 aromatic rings. The number of hydrogen-bond acceptors (Lipinski definition) is 4. The third-order valence-corrected chi connectivity index (χ3v) is 3.01. The molecule has 0 aromatic carbocycles. The predicted molar refractivity (Wildman–Crippen MR) is 57.3 cm³/mol. The zero-order valence-electron chi connectivity index (χ0n) is 9.32. The van der Waals surface area contributed by atoms with Crippen molar-refractivity contribution in [1.29, 1.82) is 0 Å². The van der Waals surface area contributed by atoms with Crippen LogP contribution >= 0.6 is 0 Å². The molecular formula is C10H19N5. The van der Waals surface area contributed by atoms with Crippen LogP contribution in [-0.4, -0.2) is 26.8 Å². The molecule has 0 unspecified atom stereocenters. The van der Waals surface area contributed by atoms with Crippen molar-refractivity contribution in [3.05, 3.63) is 5.82 Å². The minimum Gasteiger partial charge on any atom is -0.310 e. The van der Waals surface area contributed by atoms with E-state index in [1.807, 2.05) is 4.68 Å². The van der Waals surface area contributed by atoms with E-state index in [2.05, 4.69) is 27.8 Å². The van der Waals surface area contributed by atoms with Gasteiger partial charge in [-0.05, 0) is 29.8 Å². The van der Waals surface area contributed by atoms with Gasteiger partial charge in [0.2, 0.25) is 0 Å². The molecule has 1 fully saturated rings. The molecule has 1 aliphatic rings. The lowest BCUT2D eigenvalue weighted by Gasteiger charge is -2.22. The molecule has 5 heteroatoms. The first-order valence-corrected chi connectivity index (χ1v) is 5.89. The Hall–Kier alpha value is -0.970. The van der Waals surface area contributed by atoms with Gasteiger partial charge in [0.15, 0.2) is 5.82 Å². The Kier molecular flexibility index (Phi) is 3.66. The van der Waals surface area contributed by atoms with E-state index >= 15 is 0 Å². The average molecular weight is 209 g/mol. The third kappa shape index (κ3) is 2.53. The van der Waals surface area contributed by atoms with Gasteiger partial charge in [-0.25, -0.2) is 4.68 Å². The highest BCUT2D eigenvalue weighted by atomic mass is 15.6. The van der Waals surface area contributed by atoms with Gasteiger partial charge in [0, 0.05) is 0 Å². The van der Waals surface area contributed by atoms with Crippen LogP contribution in [0.3, 0.4) is 0 Å². The summed E-state index contributed by atoms with van der Waals surface area (Å²) < 4.78 is 2.02. The Morgan fingerprint density at radius 2 is 2.13 bits per heavy atom. The van der Waals surface area contributed by atoms with Gasteiger partial charge < -0.3 is 5.32 Å². The van der Waals surface area contributed by atoms with Crippen LogP contribution in [0.1, 0.15) is 50.9 Å². The van der Waals surface area contributed by atoms with Crippen LogP contribution < -0.4 is 5.32 Å². The number of rotatable bonds is 4. The standard InChI is InChI=1S/C10H19N5/c1-2-11-8-10-12-13-14-15(10)9-6-4-3-5-7-9/h9,11H,2-8H2,1H3. The van der Waals surface area contributed by atoms with Crippen molar-refractivity contribution in [2.45, 2.75) is 51.6 Å². The average Bonchev–Trinajstić information content (AvgIpc) is 2.75. The predicted octanol–water partition coefficient (Wildman–Crippen LogP) is 1.29. The molecule has 1 aromatic heterocycles. The summed E-state index contributed by atoms with van der Waals surface area (Å²) in [5.74, 6) is 0.976. The molecule has 0 saturated heterocycles. The molecule has 0 atom stereocenters. The van der Waals surface area contributed by atoms with Gasteiger partial charge in [-0.1, -0.05) is 26.2 Å². The summed E-state index contributed by atoms with van der Waals surface area (Å²) in [6.07, 6.45) is 6.44. The Morgan fingerprint density at radius 3 is 2.87 bits per heavy atom. The maximum atomic E-state index is 4.11. The van der Waals surface area contributed by atoms with E-state index in [1.54, 1.807) is 0 Å². The van der Waals surface area contributed by atoms with Crippen LogP contribution in [0.15, 0.2) is 0 Å². The van der Waals surface area contributed by atoms with Crippen LogP contribution in [-0.2, 0) is 6.54 Å². The van der Waals surface area contributed by atoms with Crippen LogP contribution in [0.4, 0.5) is 0 Å². The van der Waals surface area contributed by atoms with E-state index in [9.17, 15) is 0 Å². The number of tetrazole rings is 1. The molecule has 5 nitrogen and oxygen atoms in total. The zero-order valence-corrected chi connectivity index (χ0v) is 9.32. The second kappa shape index (κ2) is 5.21. The van der Waals surface area contributed by atoms with Crippen molar-refractivity contribution in [1.82, 2.24) is 25.5 Å². The maximum Gasteiger partial charge on any atom is 0.165 e. The monoisotopic (exact) mass is 209 g/mol. The first kappa shape index (κ1) is 10.5. The zero-order chi connectivity index (χ0) is 10.5. The Balaban J connectivity index is 2.02. The lowest BCUT2D eigenvalue weighted by Crippen LogP contribution is -2.21. The quantitative estimate of drug-likeness (QED) is 0.811. The molecule has 1 aliphatic carbocycles. The lowest BCUT2D eigenvalue weighted by molar-refractivity contribution is 0.315. The van der Waals surface area contributed by atoms with Crippen molar-refractivity contribution >= 4 is 0 Å².